The highest BCUT2D eigenvalue weighted by Gasteiger charge is 2.52. The van der Waals surface area contributed by atoms with Gasteiger partial charge >= 0.3 is 13.3 Å². The average Bonchev–Trinajstić information content (AvgIpc) is 2.46. The van der Waals surface area contributed by atoms with Gasteiger partial charge in [-0.15, -0.1) is 0 Å². The third-order valence-corrected chi connectivity index (χ3v) is 4.41. The molecule has 0 saturated heterocycles. The molecular formula is C14H17F2O4P. The standard InChI is InChI=1S/C14H17F2O4P/c1-3-19-21(18,20-4-2)14(15,16)11-10-13(17)12-8-6-5-7-9-12/h5-9,13,17H,3-4H2,1-2H3. The maximum atomic E-state index is 13.9. The zero-order valence-electron chi connectivity index (χ0n) is 11.8. The van der Waals surface area contributed by atoms with Gasteiger partial charge in [-0.2, -0.15) is 8.78 Å². The van der Waals surface area contributed by atoms with Crippen LogP contribution in [0.4, 0.5) is 8.78 Å². The molecule has 0 aliphatic rings. The fourth-order valence-electron chi connectivity index (χ4n) is 1.48. The van der Waals surface area contributed by atoms with Crippen LogP contribution in [0.5, 0.6) is 0 Å². The van der Waals surface area contributed by atoms with Crippen LogP contribution in [0.2, 0.25) is 0 Å². The molecule has 1 aromatic carbocycles. The lowest BCUT2D eigenvalue weighted by molar-refractivity contribution is 0.0865. The second-order valence-electron chi connectivity index (χ2n) is 3.96. The molecule has 0 heterocycles. The molecule has 4 nitrogen and oxygen atoms in total. The highest BCUT2D eigenvalue weighted by atomic mass is 31.2. The highest BCUT2D eigenvalue weighted by Crippen LogP contribution is 2.61. The fourth-order valence-corrected chi connectivity index (χ4v) is 2.76. The maximum absolute atomic E-state index is 13.9. The van der Waals surface area contributed by atoms with Crippen LogP contribution in [0.15, 0.2) is 30.3 Å². The monoisotopic (exact) mass is 318 g/mol. The Balaban J connectivity index is 2.98. The second-order valence-corrected chi connectivity index (χ2v) is 6.03. The van der Waals surface area contributed by atoms with Crippen molar-refractivity contribution in [2.24, 2.45) is 0 Å². The lowest BCUT2D eigenvalue weighted by Crippen LogP contribution is -2.18. The summed E-state index contributed by atoms with van der Waals surface area (Å²) >= 11 is 0. The predicted molar refractivity (Wildman–Crippen MR) is 75.0 cm³/mol. The number of aliphatic hydroxyl groups is 1. The summed E-state index contributed by atoms with van der Waals surface area (Å²) in [6.07, 6.45) is -1.41. The first-order chi connectivity index (χ1) is 9.86. The SMILES string of the molecule is CCOP(=O)(OCC)C(F)(F)C#CC(O)c1ccccc1. The van der Waals surface area contributed by atoms with E-state index < -0.39 is 19.4 Å². The lowest BCUT2D eigenvalue weighted by atomic mass is 10.1. The van der Waals surface area contributed by atoms with Gasteiger partial charge < -0.3 is 14.2 Å². The fraction of sp³-hybridized carbons (Fsp3) is 0.429. The van der Waals surface area contributed by atoms with Crippen molar-refractivity contribution in [2.45, 2.75) is 25.6 Å². The van der Waals surface area contributed by atoms with Crippen LogP contribution in [0.25, 0.3) is 0 Å². The van der Waals surface area contributed by atoms with Crippen molar-refractivity contribution < 1.29 is 27.5 Å². The first-order valence-electron chi connectivity index (χ1n) is 6.39. The van der Waals surface area contributed by atoms with Gasteiger partial charge in [0.25, 0.3) is 0 Å². The van der Waals surface area contributed by atoms with E-state index in [1.807, 2.05) is 5.92 Å². The molecule has 1 rings (SSSR count). The molecule has 0 saturated carbocycles. The van der Waals surface area contributed by atoms with Gasteiger partial charge in [0.05, 0.1) is 13.2 Å². The number of aliphatic hydroxyl groups excluding tert-OH is 1. The van der Waals surface area contributed by atoms with E-state index in [9.17, 15) is 18.5 Å². The normalized spacial score (nSPS) is 13.4. The van der Waals surface area contributed by atoms with Crippen molar-refractivity contribution in [2.75, 3.05) is 13.2 Å². The summed E-state index contributed by atoms with van der Waals surface area (Å²) in [6.45, 7) is 2.45. The van der Waals surface area contributed by atoms with E-state index in [-0.39, 0.29) is 13.2 Å². The van der Waals surface area contributed by atoms with E-state index in [2.05, 4.69) is 9.05 Å². The Labute approximate surface area is 122 Å². The van der Waals surface area contributed by atoms with Gasteiger partial charge in [0.1, 0.15) is 6.10 Å². The molecule has 7 heteroatoms. The van der Waals surface area contributed by atoms with Crippen molar-refractivity contribution in [3.05, 3.63) is 35.9 Å². The van der Waals surface area contributed by atoms with Crippen LogP contribution < -0.4 is 0 Å². The molecule has 0 amide bonds. The molecule has 1 unspecified atom stereocenters. The van der Waals surface area contributed by atoms with Gasteiger partial charge in [0.15, 0.2) is 0 Å². The third-order valence-electron chi connectivity index (χ3n) is 2.42. The zero-order chi connectivity index (χ0) is 15.9. The van der Waals surface area contributed by atoms with Crippen LogP contribution >= 0.6 is 7.60 Å². The molecule has 21 heavy (non-hydrogen) atoms. The summed E-state index contributed by atoms with van der Waals surface area (Å²) in [4.78, 5) is 0. The number of rotatable bonds is 6. The summed E-state index contributed by atoms with van der Waals surface area (Å²) in [5, 5.41) is 9.73. The molecule has 0 aromatic heterocycles. The third kappa shape index (κ3) is 4.62. The van der Waals surface area contributed by atoms with E-state index in [0.717, 1.165) is 0 Å². The largest absolute Gasteiger partial charge is 0.412 e. The molecule has 1 N–H and O–H groups in total. The van der Waals surface area contributed by atoms with Crippen molar-refractivity contribution in [1.29, 1.82) is 0 Å². The van der Waals surface area contributed by atoms with Gasteiger partial charge in [-0.05, 0) is 25.3 Å². The summed E-state index contributed by atoms with van der Waals surface area (Å²) in [5.74, 6) is 3.51. The molecule has 0 fully saturated rings. The van der Waals surface area contributed by atoms with Crippen molar-refractivity contribution >= 4 is 7.60 Å². The minimum Gasteiger partial charge on any atom is -0.376 e. The van der Waals surface area contributed by atoms with Crippen molar-refractivity contribution in [3.63, 3.8) is 0 Å². The van der Waals surface area contributed by atoms with Crippen LogP contribution in [0, 0.1) is 11.8 Å². The summed E-state index contributed by atoms with van der Waals surface area (Å²) in [5.41, 5.74) is -3.63. The Bertz CT molecular complexity index is 541. The predicted octanol–water partition coefficient (Wildman–Crippen LogP) is 3.58. The second kappa shape index (κ2) is 7.67. The minimum atomic E-state index is -4.69. The summed E-state index contributed by atoms with van der Waals surface area (Å²) in [6, 6.07) is 8.09. The van der Waals surface area contributed by atoms with Crippen LogP contribution in [0.3, 0.4) is 0 Å². The molecule has 1 aromatic rings. The number of alkyl halides is 2. The highest BCUT2D eigenvalue weighted by molar-refractivity contribution is 7.55. The number of halogens is 2. The van der Waals surface area contributed by atoms with Crippen LogP contribution in [0.1, 0.15) is 25.5 Å². The minimum absolute atomic E-state index is 0.199. The smallest absolute Gasteiger partial charge is 0.376 e. The number of benzene rings is 1. The summed E-state index contributed by atoms with van der Waals surface area (Å²) in [7, 11) is -4.69. The molecule has 0 aliphatic heterocycles. The van der Waals surface area contributed by atoms with E-state index in [1.54, 1.807) is 30.3 Å². The van der Waals surface area contributed by atoms with Crippen LogP contribution in [-0.4, -0.2) is 24.0 Å². The maximum Gasteiger partial charge on any atom is 0.412 e. The van der Waals surface area contributed by atoms with Crippen molar-refractivity contribution in [3.8, 4) is 11.8 Å². The Hall–Kier alpha value is -1.25. The lowest BCUT2D eigenvalue weighted by Gasteiger charge is -2.21. The van der Waals surface area contributed by atoms with E-state index >= 15 is 0 Å². The van der Waals surface area contributed by atoms with Crippen LogP contribution in [-0.2, 0) is 13.6 Å². The Morgan fingerprint density at radius 3 is 2.24 bits per heavy atom. The molecule has 1 atom stereocenters. The molecule has 0 aliphatic carbocycles. The average molecular weight is 318 g/mol. The molecular weight excluding hydrogens is 301 g/mol. The Kier molecular flexibility index (Phi) is 6.50. The van der Waals surface area contributed by atoms with Crippen molar-refractivity contribution in [1.82, 2.24) is 0 Å². The molecule has 0 radical (unpaired) electrons. The molecule has 116 valence electrons. The van der Waals surface area contributed by atoms with Gasteiger partial charge in [0, 0.05) is 0 Å². The zero-order valence-corrected chi connectivity index (χ0v) is 12.6. The van der Waals surface area contributed by atoms with E-state index in [4.69, 9.17) is 0 Å². The van der Waals surface area contributed by atoms with Gasteiger partial charge in [-0.25, -0.2) is 0 Å². The Morgan fingerprint density at radius 2 is 1.76 bits per heavy atom. The quantitative estimate of drug-likeness (QED) is 0.643. The van der Waals surface area contributed by atoms with E-state index in [1.165, 1.54) is 19.8 Å². The number of hydrogen-bond donors (Lipinski definition) is 1. The van der Waals surface area contributed by atoms with Gasteiger partial charge in [-0.1, -0.05) is 36.3 Å². The van der Waals surface area contributed by atoms with Gasteiger partial charge in [-0.3, -0.25) is 4.57 Å². The summed E-state index contributed by atoms with van der Waals surface area (Å²) < 4.78 is 49.0. The Morgan fingerprint density at radius 1 is 1.24 bits per heavy atom. The molecule has 0 spiro atoms. The topological polar surface area (TPSA) is 55.8 Å². The van der Waals surface area contributed by atoms with E-state index in [0.29, 0.717) is 5.56 Å². The molecule has 0 bridgehead atoms. The first-order valence-corrected chi connectivity index (χ1v) is 7.93. The first kappa shape index (κ1) is 17.8. The number of hydrogen-bond acceptors (Lipinski definition) is 4. The van der Waals surface area contributed by atoms with Gasteiger partial charge in [0.2, 0.25) is 0 Å².